The van der Waals surface area contributed by atoms with E-state index in [1.165, 1.54) is 6.08 Å². The number of carbonyl (C=O) groups is 2. The van der Waals surface area contributed by atoms with Crippen molar-refractivity contribution in [2.75, 3.05) is 13.2 Å². The lowest BCUT2D eigenvalue weighted by Gasteiger charge is -2.40. The second kappa shape index (κ2) is 9.67. The molecule has 0 amide bonds. The lowest BCUT2D eigenvalue weighted by molar-refractivity contribution is -0.148. The third-order valence-corrected chi connectivity index (χ3v) is 9.48. The minimum absolute atomic E-state index is 0.0637. The first kappa shape index (κ1) is 22.9. The number of carbonyl (C=O) groups excluding carboxylic acids is 2. The highest BCUT2D eigenvalue weighted by molar-refractivity contribution is 6.74. The molecule has 1 heterocycles. The van der Waals surface area contributed by atoms with E-state index in [-0.39, 0.29) is 24.2 Å². The number of aliphatic hydroxyl groups is 1. The summed E-state index contributed by atoms with van der Waals surface area (Å²) in [5.41, 5.74) is 0.592. The third kappa shape index (κ3) is 6.85. The van der Waals surface area contributed by atoms with Gasteiger partial charge in [-0.15, -0.1) is 0 Å². The molecule has 6 nitrogen and oxygen atoms in total. The number of aliphatic hydroxyl groups excluding tert-OH is 1. The summed E-state index contributed by atoms with van der Waals surface area (Å²) in [6.07, 6.45) is 2.73. The molecule has 0 aliphatic carbocycles. The maximum atomic E-state index is 11.8. The van der Waals surface area contributed by atoms with Crippen molar-refractivity contribution < 1.29 is 28.6 Å². The molecule has 150 valence electrons. The SMILES string of the molecule is CCCCCC(=O)OC[C@@H](O)[C@H](O[Si](C)(C)C(C)(C)C)C1=CC(=O)OC1. The molecule has 1 N–H and O–H groups in total. The number of cyclic esters (lactones) is 1. The summed E-state index contributed by atoms with van der Waals surface area (Å²) in [6, 6.07) is 0. The minimum atomic E-state index is -2.21. The van der Waals surface area contributed by atoms with Gasteiger partial charge in [0, 0.05) is 18.1 Å². The zero-order chi connectivity index (χ0) is 20.0. The Hall–Kier alpha value is -1.18. The molecule has 0 aromatic heterocycles. The van der Waals surface area contributed by atoms with Crippen LogP contribution < -0.4 is 0 Å². The predicted molar refractivity (Wildman–Crippen MR) is 102 cm³/mol. The second-order valence-corrected chi connectivity index (χ2v) is 13.1. The fourth-order valence-corrected chi connectivity index (χ4v) is 3.60. The Morgan fingerprint density at radius 1 is 1.35 bits per heavy atom. The Balaban J connectivity index is 2.77. The van der Waals surface area contributed by atoms with Crippen LogP contribution in [0.3, 0.4) is 0 Å². The van der Waals surface area contributed by atoms with Gasteiger partial charge < -0.3 is 19.0 Å². The molecule has 1 aliphatic rings. The van der Waals surface area contributed by atoms with Crippen LogP contribution in [0.4, 0.5) is 0 Å². The van der Waals surface area contributed by atoms with Crippen molar-refractivity contribution >= 4 is 20.3 Å². The van der Waals surface area contributed by atoms with E-state index in [0.717, 1.165) is 19.3 Å². The van der Waals surface area contributed by atoms with Gasteiger partial charge in [0.2, 0.25) is 0 Å². The lowest BCUT2D eigenvalue weighted by atomic mass is 10.1. The van der Waals surface area contributed by atoms with Gasteiger partial charge in [-0.1, -0.05) is 40.5 Å². The number of unbranched alkanes of at least 4 members (excludes halogenated alkanes) is 2. The highest BCUT2D eigenvalue weighted by atomic mass is 28.4. The Kier molecular flexibility index (Phi) is 8.50. The lowest BCUT2D eigenvalue weighted by Crippen LogP contribution is -2.49. The number of rotatable bonds is 10. The Morgan fingerprint density at radius 3 is 2.50 bits per heavy atom. The maximum Gasteiger partial charge on any atom is 0.331 e. The minimum Gasteiger partial charge on any atom is -0.463 e. The molecular formula is C19H34O6Si. The third-order valence-electron chi connectivity index (χ3n) is 5.03. The number of esters is 2. The molecule has 7 heteroatoms. The van der Waals surface area contributed by atoms with Crippen LogP contribution in [-0.2, 0) is 23.5 Å². The topological polar surface area (TPSA) is 82.1 Å². The average Bonchev–Trinajstić information content (AvgIpc) is 2.95. The van der Waals surface area contributed by atoms with Crippen molar-refractivity contribution in [1.82, 2.24) is 0 Å². The van der Waals surface area contributed by atoms with Gasteiger partial charge in [0.1, 0.15) is 19.3 Å². The van der Waals surface area contributed by atoms with Crippen molar-refractivity contribution in [3.05, 3.63) is 11.6 Å². The van der Waals surface area contributed by atoms with Crippen LogP contribution in [-0.4, -0.2) is 50.8 Å². The Bertz CT molecular complexity index is 521. The smallest absolute Gasteiger partial charge is 0.331 e. The summed E-state index contributed by atoms with van der Waals surface area (Å²) >= 11 is 0. The fourth-order valence-electron chi connectivity index (χ4n) is 2.31. The van der Waals surface area contributed by atoms with E-state index < -0.39 is 26.5 Å². The number of ether oxygens (including phenoxy) is 2. The van der Waals surface area contributed by atoms with Gasteiger partial charge in [-0.3, -0.25) is 4.79 Å². The number of hydrogen-bond acceptors (Lipinski definition) is 6. The molecule has 0 fully saturated rings. The van der Waals surface area contributed by atoms with Crippen LogP contribution >= 0.6 is 0 Å². The highest BCUT2D eigenvalue weighted by Gasteiger charge is 2.42. The number of hydrogen-bond donors (Lipinski definition) is 1. The fraction of sp³-hybridized carbons (Fsp3) is 0.789. The van der Waals surface area contributed by atoms with E-state index in [0.29, 0.717) is 12.0 Å². The van der Waals surface area contributed by atoms with Gasteiger partial charge in [0.25, 0.3) is 0 Å². The van der Waals surface area contributed by atoms with Crippen molar-refractivity contribution in [3.8, 4) is 0 Å². The Morgan fingerprint density at radius 2 is 2.00 bits per heavy atom. The van der Waals surface area contributed by atoms with Crippen LogP contribution in [0.5, 0.6) is 0 Å². The van der Waals surface area contributed by atoms with Crippen LogP contribution in [0.1, 0.15) is 53.4 Å². The molecule has 26 heavy (non-hydrogen) atoms. The molecule has 1 rings (SSSR count). The van der Waals surface area contributed by atoms with Gasteiger partial charge >= 0.3 is 11.9 Å². The zero-order valence-electron chi connectivity index (χ0n) is 17.0. The van der Waals surface area contributed by atoms with Gasteiger partial charge in [-0.25, -0.2) is 4.79 Å². The average molecular weight is 387 g/mol. The molecule has 0 aromatic rings. The first-order chi connectivity index (χ1) is 12.0. The van der Waals surface area contributed by atoms with Gasteiger partial charge in [-0.05, 0) is 24.6 Å². The molecule has 0 saturated heterocycles. The van der Waals surface area contributed by atoms with Gasteiger partial charge in [0.05, 0.1) is 6.10 Å². The summed E-state index contributed by atoms with van der Waals surface area (Å²) in [5.74, 6) is -0.760. The second-order valence-electron chi connectivity index (χ2n) is 8.33. The van der Waals surface area contributed by atoms with Crippen molar-refractivity contribution in [2.45, 2.75) is 83.7 Å². The molecule has 2 atom stereocenters. The summed E-state index contributed by atoms with van der Waals surface area (Å²) in [4.78, 5) is 23.2. The highest BCUT2D eigenvalue weighted by Crippen LogP contribution is 2.38. The summed E-state index contributed by atoms with van der Waals surface area (Å²) < 4.78 is 16.5. The molecule has 0 bridgehead atoms. The van der Waals surface area contributed by atoms with E-state index in [9.17, 15) is 14.7 Å². The van der Waals surface area contributed by atoms with Crippen LogP contribution in [0.2, 0.25) is 18.1 Å². The van der Waals surface area contributed by atoms with E-state index in [1.807, 2.05) is 0 Å². The summed E-state index contributed by atoms with van der Waals surface area (Å²) in [5, 5.41) is 10.6. The Labute approximate surface area is 158 Å². The zero-order valence-corrected chi connectivity index (χ0v) is 18.0. The molecule has 0 spiro atoms. The van der Waals surface area contributed by atoms with Crippen LogP contribution in [0.15, 0.2) is 11.6 Å². The molecule has 0 radical (unpaired) electrons. The molecule has 0 saturated carbocycles. The normalized spacial score (nSPS) is 17.5. The van der Waals surface area contributed by atoms with Crippen LogP contribution in [0.25, 0.3) is 0 Å². The molecule has 1 aliphatic heterocycles. The van der Waals surface area contributed by atoms with E-state index in [4.69, 9.17) is 13.9 Å². The first-order valence-electron chi connectivity index (χ1n) is 9.36. The quantitative estimate of drug-likeness (QED) is 0.352. The van der Waals surface area contributed by atoms with E-state index in [2.05, 4.69) is 40.8 Å². The van der Waals surface area contributed by atoms with Crippen molar-refractivity contribution in [3.63, 3.8) is 0 Å². The van der Waals surface area contributed by atoms with Crippen LogP contribution in [0, 0.1) is 0 Å². The van der Waals surface area contributed by atoms with Crippen molar-refractivity contribution in [2.24, 2.45) is 0 Å². The molecule has 0 unspecified atom stereocenters. The standard InChI is InChI=1S/C19H34O6Si/c1-7-8-9-10-16(21)24-13-15(20)18(14-11-17(22)23-12-14)25-26(5,6)19(2,3)4/h11,15,18,20H,7-10,12-13H2,1-6H3/t15-,18-/m1/s1. The maximum absolute atomic E-state index is 11.8. The largest absolute Gasteiger partial charge is 0.463 e. The first-order valence-corrected chi connectivity index (χ1v) is 12.3. The molecule has 0 aromatic carbocycles. The monoisotopic (exact) mass is 386 g/mol. The van der Waals surface area contributed by atoms with Crippen molar-refractivity contribution in [1.29, 1.82) is 0 Å². The van der Waals surface area contributed by atoms with E-state index >= 15 is 0 Å². The van der Waals surface area contributed by atoms with Gasteiger partial charge in [0.15, 0.2) is 8.32 Å². The van der Waals surface area contributed by atoms with E-state index in [1.54, 1.807) is 0 Å². The predicted octanol–water partition coefficient (Wildman–Crippen LogP) is 3.34. The summed E-state index contributed by atoms with van der Waals surface area (Å²) in [7, 11) is -2.21. The molecular weight excluding hydrogens is 352 g/mol. The summed E-state index contributed by atoms with van der Waals surface area (Å²) in [6.45, 7) is 12.4. The van der Waals surface area contributed by atoms with Gasteiger partial charge in [-0.2, -0.15) is 0 Å².